The average Bonchev–Trinajstić information content (AvgIpc) is 3.12. The summed E-state index contributed by atoms with van der Waals surface area (Å²) in [5.74, 6) is 2.21. The van der Waals surface area contributed by atoms with Crippen molar-refractivity contribution in [2.45, 2.75) is 32.8 Å². The number of piperazine rings is 1. The van der Waals surface area contributed by atoms with Crippen LogP contribution in [0.5, 0.6) is 5.75 Å². The number of hydrogen-bond donors (Lipinski definition) is 2. The predicted octanol–water partition coefficient (Wildman–Crippen LogP) is 2.10. The molecular formula is C22H32N4O4. The number of rotatable bonds is 9. The largest absolute Gasteiger partial charge is 0.491 e. The van der Waals surface area contributed by atoms with Crippen molar-refractivity contribution in [3.8, 4) is 5.75 Å². The van der Waals surface area contributed by atoms with Crippen LogP contribution in [0.4, 0.5) is 5.82 Å². The summed E-state index contributed by atoms with van der Waals surface area (Å²) in [6.45, 7) is 10.3. The van der Waals surface area contributed by atoms with E-state index < -0.39 is 6.10 Å². The molecule has 1 fully saturated rings. The summed E-state index contributed by atoms with van der Waals surface area (Å²) in [4.78, 5) is 16.4. The molecule has 0 radical (unpaired) electrons. The van der Waals surface area contributed by atoms with Crippen LogP contribution in [0.1, 0.15) is 31.1 Å². The molecule has 0 unspecified atom stereocenters. The molecule has 0 bridgehead atoms. The lowest BCUT2D eigenvalue weighted by molar-refractivity contribution is -0.117. The number of amides is 1. The second-order valence-electron chi connectivity index (χ2n) is 8.11. The number of anilines is 1. The number of nitrogens with zero attached hydrogens (tertiary/aromatic N) is 3. The first-order valence-electron chi connectivity index (χ1n) is 10.5. The second kappa shape index (κ2) is 10.6. The highest BCUT2D eigenvalue weighted by Crippen LogP contribution is 2.25. The third-order valence-electron chi connectivity index (χ3n) is 5.17. The maximum atomic E-state index is 12.1. The summed E-state index contributed by atoms with van der Waals surface area (Å²) in [6.07, 6.45) is -0.560. The van der Waals surface area contributed by atoms with Crippen LogP contribution in [0, 0.1) is 6.92 Å². The predicted molar refractivity (Wildman–Crippen MR) is 115 cm³/mol. The normalized spacial score (nSPS) is 16.6. The summed E-state index contributed by atoms with van der Waals surface area (Å²) < 4.78 is 10.8. The van der Waals surface area contributed by atoms with Crippen LogP contribution in [0.25, 0.3) is 0 Å². The van der Waals surface area contributed by atoms with E-state index in [4.69, 9.17) is 9.26 Å². The Hall–Kier alpha value is -2.42. The Morgan fingerprint density at radius 3 is 2.60 bits per heavy atom. The lowest BCUT2D eigenvalue weighted by Gasteiger charge is -2.35. The number of aryl methyl sites for hydroxylation is 1. The maximum Gasteiger partial charge on any atom is 0.239 e. The number of β-amino-alcohol motifs (C(OH)–C–C–N with tert-alkyl or cyclic N) is 1. The van der Waals surface area contributed by atoms with Crippen molar-refractivity contribution in [3.05, 3.63) is 41.7 Å². The summed E-state index contributed by atoms with van der Waals surface area (Å²) in [5.41, 5.74) is 1.15. The molecule has 0 saturated carbocycles. The summed E-state index contributed by atoms with van der Waals surface area (Å²) in [6, 6.07) is 9.66. The average molecular weight is 417 g/mol. The lowest BCUT2D eigenvalue weighted by Crippen LogP contribution is -2.50. The number of nitrogens with one attached hydrogen (secondary N) is 1. The number of ether oxygens (including phenoxy) is 1. The minimum absolute atomic E-state index is 0.103. The molecule has 30 heavy (non-hydrogen) atoms. The number of aliphatic hydroxyl groups is 1. The Labute approximate surface area is 177 Å². The first-order valence-corrected chi connectivity index (χ1v) is 10.5. The summed E-state index contributed by atoms with van der Waals surface area (Å²) in [5, 5.41) is 16.9. The Morgan fingerprint density at radius 1 is 1.23 bits per heavy atom. The van der Waals surface area contributed by atoms with E-state index in [1.807, 2.05) is 18.2 Å². The lowest BCUT2D eigenvalue weighted by atomic mass is 10.0. The number of aliphatic hydroxyl groups excluding tert-OH is 1. The van der Waals surface area contributed by atoms with Crippen molar-refractivity contribution in [3.63, 3.8) is 0 Å². The van der Waals surface area contributed by atoms with Gasteiger partial charge in [-0.25, -0.2) is 0 Å². The first-order chi connectivity index (χ1) is 14.4. The molecule has 2 N–H and O–H groups in total. The molecule has 1 saturated heterocycles. The molecule has 1 aliphatic rings. The Morgan fingerprint density at radius 2 is 1.93 bits per heavy atom. The van der Waals surface area contributed by atoms with Crippen LogP contribution in [-0.2, 0) is 4.79 Å². The molecule has 2 aromatic rings. The molecule has 0 spiro atoms. The number of para-hydroxylation sites is 1. The van der Waals surface area contributed by atoms with Crippen LogP contribution < -0.4 is 10.1 Å². The highest BCUT2D eigenvalue weighted by Gasteiger charge is 2.21. The smallest absolute Gasteiger partial charge is 0.239 e. The van der Waals surface area contributed by atoms with E-state index in [-0.39, 0.29) is 12.5 Å². The highest BCUT2D eigenvalue weighted by atomic mass is 16.5. The van der Waals surface area contributed by atoms with E-state index in [0.29, 0.717) is 30.6 Å². The van der Waals surface area contributed by atoms with E-state index in [1.165, 1.54) is 0 Å². The Bertz CT molecular complexity index is 815. The fourth-order valence-corrected chi connectivity index (χ4v) is 3.57. The van der Waals surface area contributed by atoms with Gasteiger partial charge in [-0.05, 0) is 24.5 Å². The minimum atomic E-state index is -0.560. The topological polar surface area (TPSA) is 91.1 Å². The van der Waals surface area contributed by atoms with Crippen molar-refractivity contribution in [2.24, 2.45) is 0 Å². The van der Waals surface area contributed by atoms with Gasteiger partial charge in [0.05, 0.1) is 6.54 Å². The number of hydrogen-bond acceptors (Lipinski definition) is 7. The fraction of sp³-hybridized carbons (Fsp3) is 0.545. The molecule has 1 aromatic heterocycles. The van der Waals surface area contributed by atoms with Gasteiger partial charge in [0.1, 0.15) is 24.2 Å². The Balaban J connectivity index is 1.36. The third-order valence-corrected chi connectivity index (χ3v) is 5.17. The van der Waals surface area contributed by atoms with Crippen molar-refractivity contribution >= 4 is 11.7 Å². The molecule has 8 nitrogen and oxygen atoms in total. The molecule has 1 aliphatic heterocycles. The molecule has 1 aromatic carbocycles. The zero-order valence-corrected chi connectivity index (χ0v) is 18.0. The molecular weight excluding hydrogens is 384 g/mol. The van der Waals surface area contributed by atoms with E-state index in [2.05, 4.69) is 40.2 Å². The molecule has 8 heteroatoms. The van der Waals surface area contributed by atoms with Gasteiger partial charge in [-0.1, -0.05) is 37.2 Å². The van der Waals surface area contributed by atoms with Crippen molar-refractivity contribution < 1.29 is 19.2 Å². The maximum absolute atomic E-state index is 12.1. The van der Waals surface area contributed by atoms with Gasteiger partial charge in [0.25, 0.3) is 0 Å². The van der Waals surface area contributed by atoms with Crippen LogP contribution in [-0.4, -0.2) is 77.9 Å². The summed E-state index contributed by atoms with van der Waals surface area (Å²) in [7, 11) is 0. The molecule has 2 heterocycles. The highest BCUT2D eigenvalue weighted by molar-refractivity contribution is 5.91. The quantitative estimate of drug-likeness (QED) is 0.647. The van der Waals surface area contributed by atoms with Gasteiger partial charge in [-0.3, -0.25) is 14.6 Å². The SMILES string of the molecule is Cc1cc(NC(=O)CN2CCN(C[C@@H](O)COc3ccccc3C(C)C)CC2)no1. The van der Waals surface area contributed by atoms with E-state index in [0.717, 1.165) is 37.5 Å². The van der Waals surface area contributed by atoms with Crippen LogP contribution in [0.15, 0.2) is 34.9 Å². The monoisotopic (exact) mass is 416 g/mol. The molecule has 3 rings (SSSR count). The standard InChI is InChI=1S/C22H32N4O4/c1-16(2)19-6-4-5-7-20(19)29-15-18(27)13-25-8-10-26(11-9-25)14-22(28)23-21-12-17(3)30-24-21/h4-7,12,16,18,27H,8-11,13-15H2,1-3H3,(H,23,24,28)/t18-/m1/s1. The molecule has 0 aliphatic carbocycles. The number of carbonyl (C=O) groups is 1. The van der Waals surface area contributed by atoms with Crippen LogP contribution in [0.3, 0.4) is 0 Å². The molecule has 1 atom stereocenters. The molecule has 164 valence electrons. The second-order valence-corrected chi connectivity index (χ2v) is 8.11. The number of aromatic nitrogens is 1. The van der Waals surface area contributed by atoms with Crippen molar-refractivity contribution in [1.82, 2.24) is 15.0 Å². The van der Waals surface area contributed by atoms with Gasteiger partial charge in [0.2, 0.25) is 5.91 Å². The van der Waals surface area contributed by atoms with Gasteiger partial charge in [0.15, 0.2) is 5.82 Å². The van der Waals surface area contributed by atoms with Crippen molar-refractivity contribution in [2.75, 3.05) is 51.2 Å². The third kappa shape index (κ3) is 6.55. The van der Waals surface area contributed by atoms with E-state index in [9.17, 15) is 9.90 Å². The van der Waals surface area contributed by atoms with E-state index >= 15 is 0 Å². The van der Waals surface area contributed by atoms with Gasteiger partial charge < -0.3 is 19.7 Å². The Kier molecular flexibility index (Phi) is 7.84. The van der Waals surface area contributed by atoms with Gasteiger partial charge in [-0.2, -0.15) is 0 Å². The minimum Gasteiger partial charge on any atom is -0.491 e. The van der Waals surface area contributed by atoms with Crippen LogP contribution in [0.2, 0.25) is 0 Å². The van der Waals surface area contributed by atoms with Crippen molar-refractivity contribution in [1.29, 1.82) is 0 Å². The number of carbonyl (C=O) groups excluding carboxylic acids is 1. The molecule has 1 amide bonds. The zero-order chi connectivity index (χ0) is 21.5. The first kappa shape index (κ1) is 22.3. The van der Waals surface area contributed by atoms with Crippen LogP contribution >= 0.6 is 0 Å². The fourth-order valence-electron chi connectivity index (χ4n) is 3.57. The summed E-state index contributed by atoms with van der Waals surface area (Å²) >= 11 is 0. The van der Waals surface area contributed by atoms with Gasteiger partial charge in [0, 0.05) is 38.8 Å². The van der Waals surface area contributed by atoms with Gasteiger partial charge in [-0.15, -0.1) is 0 Å². The van der Waals surface area contributed by atoms with Gasteiger partial charge >= 0.3 is 0 Å². The zero-order valence-electron chi connectivity index (χ0n) is 18.0. The number of benzene rings is 1. The van der Waals surface area contributed by atoms with E-state index in [1.54, 1.807) is 13.0 Å².